The number of aliphatic hydroxyl groups excluding tert-OH is 1. The molecule has 1 aromatic carbocycles. The maximum absolute atomic E-state index is 13.5. The SMILES string of the molecule is CCCCNC(=O)C(CC(O)C(N)CC(CNC(=O)c1ccc(CN2CCOCC2)cc1OCCCCOC)C(C)C)C(C)C.Cl.Cl. The number of hydrogen-bond acceptors (Lipinski definition) is 8. The van der Waals surface area contributed by atoms with E-state index in [4.69, 9.17) is 19.9 Å². The number of aliphatic hydroxyl groups is 1. The van der Waals surface area contributed by atoms with Crippen LogP contribution in [0.2, 0.25) is 0 Å². The van der Waals surface area contributed by atoms with Gasteiger partial charge in [0.15, 0.2) is 0 Å². The van der Waals surface area contributed by atoms with E-state index in [0.717, 1.165) is 64.1 Å². The Morgan fingerprint density at radius 1 is 1.00 bits per heavy atom. The van der Waals surface area contributed by atoms with Gasteiger partial charge in [0.05, 0.1) is 31.5 Å². The van der Waals surface area contributed by atoms with E-state index in [1.807, 2.05) is 32.0 Å². The Morgan fingerprint density at radius 2 is 1.68 bits per heavy atom. The highest BCUT2D eigenvalue weighted by Gasteiger charge is 2.30. The zero-order valence-corrected chi connectivity index (χ0v) is 31.3. The molecule has 10 nitrogen and oxygen atoms in total. The molecule has 2 rings (SSSR count). The summed E-state index contributed by atoms with van der Waals surface area (Å²) in [5, 5.41) is 17.2. The van der Waals surface area contributed by atoms with E-state index in [0.29, 0.717) is 50.5 Å². The molecule has 0 aliphatic carbocycles. The molecule has 12 heteroatoms. The highest BCUT2D eigenvalue weighted by molar-refractivity contribution is 5.97. The van der Waals surface area contributed by atoms with Crippen molar-refractivity contribution in [1.82, 2.24) is 15.5 Å². The second-order valence-electron chi connectivity index (χ2n) is 13.2. The lowest BCUT2D eigenvalue weighted by Gasteiger charge is -2.30. The summed E-state index contributed by atoms with van der Waals surface area (Å²) >= 11 is 0. The van der Waals surface area contributed by atoms with Crippen LogP contribution >= 0.6 is 24.8 Å². The zero-order valence-electron chi connectivity index (χ0n) is 29.6. The lowest BCUT2D eigenvalue weighted by atomic mass is 9.83. The van der Waals surface area contributed by atoms with Crippen LogP contribution in [0, 0.1) is 23.7 Å². The number of morpholine rings is 1. The summed E-state index contributed by atoms with van der Waals surface area (Å²) in [7, 11) is 1.69. The molecule has 0 spiro atoms. The van der Waals surface area contributed by atoms with Crippen LogP contribution in [0.1, 0.15) is 89.1 Å². The summed E-state index contributed by atoms with van der Waals surface area (Å²) in [5.41, 5.74) is 8.12. The van der Waals surface area contributed by atoms with Crippen LogP contribution in [0.5, 0.6) is 5.75 Å². The second-order valence-corrected chi connectivity index (χ2v) is 13.2. The number of carbonyl (C=O) groups excluding carboxylic acids is 2. The quantitative estimate of drug-likeness (QED) is 0.126. The summed E-state index contributed by atoms with van der Waals surface area (Å²) in [6.45, 7) is 16.5. The molecule has 1 fully saturated rings. The highest BCUT2D eigenvalue weighted by Crippen LogP contribution is 2.25. The fourth-order valence-corrected chi connectivity index (χ4v) is 5.57. The molecule has 5 N–H and O–H groups in total. The third-order valence-electron chi connectivity index (χ3n) is 8.80. The number of methoxy groups -OCH3 is 1. The molecular formula is C35H64Cl2N4O6. The lowest BCUT2D eigenvalue weighted by Crippen LogP contribution is -2.44. The number of benzene rings is 1. The Hall–Kier alpha value is -1.66. The van der Waals surface area contributed by atoms with Gasteiger partial charge in [0, 0.05) is 58.4 Å². The summed E-state index contributed by atoms with van der Waals surface area (Å²) in [6, 6.07) is 5.32. The Kier molecular flexibility index (Phi) is 24.4. The topological polar surface area (TPSA) is 135 Å². The van der Waals surface area contributed by atoms with Gasteiger partial charge in [-0.25, -0.2) is 0 Å². The number of ether oxygens (including phenoxy) is 3. The molecule has 2 amide bonds. The second kappa shape index (κ2) is 25.3. The van der Waals surface area contributed by atoms with Crippen LogP contribution in [0.25, 0.3) is 0 Å². The number of carbonyl (C=O) groups is 2. The van der Waals surface area contributed by atoms with Gasteiger partial charge in [-0.1, -0.05) is 47.1 Å². The van der Waals surface area contributed by atoms with Crippen molar-refractivity contribution in [3.8, 4) is 5.75 Å². The van der Waals surface area contributed by atoms with Crippen molar-refractivity contribution in [2.75, 3.05) is 59.7 Å². The summed E-state index contributed by atoms with van der Waals surface area (Å²) in [6.07, 6.45) is 3.69. The van der Waals surface area contributed by atoms with E-state index in [1.165, 1.54) is 0 Å². The normalized spacial score (nSPS) is 16.0. The average Bonchev–Trinajstić information content (AvgIpc) is 3.01. The van der Waals surface area contributed by atoms with E-state index >= 15 is 0 Å². The van der Waals surface area contributed by atoms with Gasteiger partial charge in [-0.2, -0.15) is 0 Å². The first-order valence-corrected chi connectivity index (χ1v) is 17.1. The van der Waals surface area contributed by atoms with Crippen molar-refractivity contribution >= 4 is 36.6 Å². The van der Waals surface area contributed by atoms with Crippen molar-refractivity contribution in [3.63, 3.8) is 0 Å². The smallest absolute Gasteiger partial charge is 0.255 e. The number of hydrogen-bond donors (Lipinski definition) is 4. The maximum Gasteiger partial charge on any atom is 0.255 e. The minimum atomic E-state index is -0.816. The number of halogens is 2. The van der Waals surface area contributed by atoms with Crippen molar-refractivity contribution in [2.24, 2.45) is 29.4 Å². The van der Waals surface area contributed by atoms with E-state index in [9.17, 15) is 14.7 Å². The van der Waals surface area contributed by atoms with Crippen molar-refractivity contribution in [1.29, 1.82) is 0 Å². The van der Waals surface area contributed by atoms with Gasteiger partial charge < -0.3 is 35.7 Å². The van der Waals surface area contributed by atoms with Crippen molar-refractivity contribution in [3.05, 3.63) is 29.3 Å². The summed E-state index contributed by atoms with van der Waals surface area (Å²) in [4.78, 5) is 28.6. The molecular weight excluding hydrogens is 643 g/mol. The molecule has 1 aliphatic rings. The molecule has 1 aliphatic heterocycles. The standard InChI is InChI=1S/C35H62N4O6.2ClH/c1-7-8-13-37-35(42)30(26(4)5)22-32(40)31(36)21-28(25(2)3)23-38-34(41)29-12-11-27(24-39-14-18-44-19-15-39)20-33(29)45-17-10-9-16-43-6;;/h11-12,20,25-26,28,30-32,40H,7-10,13-19,21-24,36H2,1-6H3,(H,37,42)(H,38,41);2*1H. The monoisotopic (exact) mass is 706 g/mol. The molecule has 4 atom stereocenters. The van der Waals surface area contributed by atoms with Gasteiger partial charge in [-0.05, 0) is 67.6 Å². The average molecular weight is 708 g/mol. The number of unbranched alkanes of at least 4 members (excludes halogenated alkanes) is 2. The van der Waals surface area contributed by atoms with Crippen molar-refractivity contribution < 1.29 is 28.9 Å². The van der Waals surface area contributed by atoms with Crippen LogP contribution in [0.4, 0.5) is 0 Å². The first-order chi connectivity index (χ1) is 21.6. The Labute approximate surface area is 296 Å². The molecule has 1 heterocycles. The van der Waals surface area contributed by atoms with Gasteiger partial charge >= 0.3 is 0 Å². The molecule has 0 saturated carbocycles. The minimum Gasteiger partial charge on any atom is -0.493 e. The fourth-order valence-electron chi connectivity index (χ4n) is 5.57. The molecule has 0 bridgehead atoms. The molecule has 1 aromatic rings. The van der Waals surface area contributed by atoms with Gasteiger partial charge in [-0.3, -0.25) is 14.5 Å². The minimum absolute atomic E-state index is 0. The lowest BCUT2D eigenvalue weighted by molar-refractivity contribution is -0.127. The van der Waals surface area contributed by atoms with Crippen LogP contribution in [-0.2, 0) is 20.8 Å². The first-order valence-electron chi connectivity index (χ1n) is 17.1. The number of nitrogens with one attached hydrogen (secondary N) is 2. The van der Waals surface area contributed by atoms with Gasteiger partial charge in [-0.15, -0.1) is 24.8 Å². The molecule has 274 valence electrons. The Morgan fingerprint density at radius 3 is 2.30 bits per heavy atom. The van der Waals surface area contributed by atoms with E-state index in [-0.39, 0.29) is 60.3 Å². The number of amides is 2. The number of nitrogens with two attached hydrogens (primary N) is 1. The predicted octanol–water partition coefficient (Wildman–Crippen LogP) is 4.83. The van der Waals surface area contributed by atoms with Gasteiger partial charge in [0.2, 0.25) is 5.91 Å². The largest absolute Gasteiger partial charge is 0.493 e. The summed E-state index contributed by atoms with van der Waals surface area (Å²) < 4.78 is 16.8. The fraction of sp³-hybridized carbons (Fsp3) is 0.771. The summed E-state index contributed by atoms with van der Waals surface area (Å²) in [5.74, 6) is 0.432. The predicted molar refractivity (Wildman–Crippen MR) is 194 cm³/mol. The third kappa shape index (κ3) is 17.0. The van der Waals surface area contributed by atoms with Crippen LogP contribution in [0.15, 0.2) is 18.2 Å². The number of rotatable bonds is 22. The van der Waals surface area contributed by atoms with Gasteiger partial charge in [0.25, 0.3) is 5.91 Å². The molecule has 4 unspecified atom stereocenters. The molecule has 0 radical (unpaired) electrons. The van der Waals surface area contributed by atoms with E-state index in [1.54, 1.807) is 7.11 Å². The molecule has 0 aromatic heterocycles. The molecule has 1 saturated heterocycles. The maximum atomic E-state index is 13.5. The highest BCUT2D eigenvalue weighted by atomic mass is 35.5. The van der Waals surface area contributed by atoms with E-state index in [2.05, 4.69) is 36.3 Å². The van der Waals surface area contributed by atoms with Crippen LogP contribution in [-0.4, -0.2) is 93.7 Å². The Balaban J connectivity index is 0.0000106. The molecule has 47 heavy (non-hydrogen) atoms. The van der Waals surface area contributed by atoms with Crippen LogP contribution < -0.4 is 21.1 Å². The Bertz CT molecular complexity index is 997. The number of nitrogens with zero attached hydrogens (tertiary/aromatic N) is 1. The van der Waals surface area contributed by atoms with E-state index < -0.39 is 12.1 Å². The van der Waals surface area contributed by atoms with Gasteiger partial charge in [0.1, 0.15) is 5.75 Å². The van der Waals surface area contributed by atoms with Crippen LogP contribution in [0.3, 0.4) is 0 Å². The zero-order chi connectivity index (χ0) is 33.2. The first kappa shape index (κ1) is 45.3. The third-order valence-corrected chi connectivity index (χ3v) is 8.80. The van der Waals surface area contributed by atoms with Crippen molar-refractivity contribution in [2.45, 2.75) is 91.8 Å².